The highest BCUT2D eigenvalue weighted by Crippen LogP contribution is 2.28. The van der Waals surface area contributed by atoms with Gasteiger partial charge in [-0.3, -0.25) is 4.79 Å². The maximum atomic E-state index is 10.6. The number of rotatable bonds is 5. The molecule has 3 nitrogen and oxygen atoms in total. The Morgan fingerprint density at radius 2 is 2.11 bits per heavy atom. The molecule has 18 heavy (non-hydrogen) atoms. The minimum absolute atomic E-state index is 0.266. The van der Waals surface area contributed by atoms with E-state index in [2.05, 4.69) is 36.2 Å². The second-order valence-corrected chi connectivity index (χ2v) is 6.13. The molecule has 1 amide bonds. The largest absolute Gasteiger partial charge is 0.370 e. The van der Waals surface area contributed by atoms with Gasteiger partial charge in [-0.25, -0.2) is 4.98 Å². The molecule has 0 unspecified atom stereocenters. The van der Waals surface area contributed by atoms with Crippen LogP contribution in [-0.2, 0) is 4.79 Å². The first-order chi connectivity index (χ1) is 8.65. The monoisotopic (exact) mass is 278 g/mol. The van der Waals surface area contributed by atoms with Gasteiger partial charge in [-0.05, 0) is 6.92 Å². The number of carbonyl (C=O) groups is 1. The Balaban J connectivity index is 2.01. The zero-order chi connectivity index (χ0) is 13.0. The van der Waals surface area contributed by atoms with E-state index in [0.717, 1.165) is 15.6 Å². The van der Waals surface area contributed by atoms with Gasteiger partial charge < -0.3 is 5.73 Å². The van der Waals surface area contributed by atoms with Crippen LogP contribution in [-0.4, -0.2) is 16.6 Å². The van der Waals surface area contributed by atoms with E-state index in [1.807, 2.05) is 5.38 Å². The first-order valence-electron chi connectivity index (χ1n) is 5.59. The normalized spacial score (nSPS) is 10.5. The van der Waals surface area contributed by atoms with Crippen molar-refractivity contribution in [2.45, 2.75) is 17.7 Å². The highest BCUT2D eigenvalue weighted by atomic mass is 32.2. The van der Waals surface area contributed by atoms with Crippen LogP contribution in [0.3, 0.4) is 0 Å². The van der Waals surface area contributed by atoms with E-state index < -0.39 is 0 Å². The van der Waals surface area contributed by atoms with Gasteiger partial charge in [-0.1, -0.05) is 41.6 Å². The summed E-state index contributed by atoms with van der Waals surface area (Å²) < 4.78 is 0.979. The highest BCUT2D eigenvalue weighted by Gasteiger charge is 2.05. The topological polar surface area (TPSA) is 56.0 Å². The van der Waals surface area contributed by atoms with Gasteiger partial charge in [-0.15, -0.1) is 11.3 Å². The molecule has 0 spiro atoms. The molecule has 2 rings (SSSR count). The fourth-order valence-corrected chi connectivity index (χ4v) is 3.28. The average Bonchev–Trinajstić information content (AvgIpc) is 2.78. The molecule has 1 heterocycles. The van der Waals surface area contributed by atoms with Crippen LogP contribution in [0.15, 0.2) is 34.0 Å². The third-order valence-corrected chi connectivity index (χ3v) is 4.43. The molecule has 5 heteroatoms. The first-order valence-corrected chi connectivity index (χ1v) is 7.45. The zero-order valence-corrected chi connectivity index (χ0v) is 11.7. The maximum absolute atomic E-state index is 10.6. The molecule has 0 atom stereocenters. The molecule has 1 aromatic heterocycles. The van der Waals surface area contributed by atoms with Crippen LogP contribution in [0.5, 0.6) is 0 Å². The molecule has 0 aliphatic carbocycles. The Kier molecular flexibility index (Phi) is 4.38. The summed E-state index contributed by atoms with van der Waals surface area (Å²) in [5.41, 5.74) is 8.45. The van der Waals surface area contributed by atoms with Gasteiger partial charge in [0.15, 0.2) is 4.34 Å². The fourth-order valence-electron chi connectivity index (χ4n) is 1.42. The Bertz CT molecular complexity index is 534. The van der Waals surface area contributed by atoms with Gasteiger partial charge in [-0.2, -0.15) is 0 Å². The van der Waals surface area contributed by atoms with Crippen LogP contribution < -0.4 is 5.73 Å². The molecule has 94 valence electrons. The Labute approximate surface area is 114 Å². The van der Waals surface area contributed by atoms with Crippen LogP contribution in [0.4, 0.5) is 0 Å². The summed E-state index contributed by atoms with van der Waals surface area (Å²) in [7, 11) is 0. The van der Waals surface area contributed by atoms with Crippen LogP contribution in [0.1, 0.15) is 12.0 Å². The third kappa shape index (κ3) is 3.58. The van der Waals surface area contributed by atoms with Crippen molar-refractivity contribution in [1.82, 2.24) is 4.98 Å². The van der Waals surface area contributed by atoms with Crippen molar-refractivity contribution < 1.29 is 4.79 Å². The lowest BCUT2D eigenvalue weighted by Crippen LogP contribution is -2.10. The summed E-state index contributed by atoms with van der Waals surface area (Å²) >= 11 is 3.17. The number of aryl methyl sites for hydroxylation is 1. The van der Waals surface area contributed by atoms with Crippen molar-refractivity contribution >= 4 is 29.0 Å². The lowest BCUT2D eigenvalue weighted by molar-refractivity contribution is -0.117. The number of thioether (sulfide) groups is 1. The van der Waals surface area contributed by atoms with Crippen molar-refractivity contribution in [3.63, 3.8) is 0 Å². The molecule has 1 aromatic carbocycles. The van der Waals surface area contributed by atoms with Gasteiger partial charge in [0.2, 0.25) is 5.91 Å². The predicted octanol–water partition coefficient (Wildman–Crippen LogP) is 3.09. The van der Waals surface area contributed by atoms with E-state index in [9.17, 15) is 4.79 Å². The fraction of sp³-hybridized carbons (Fsp3) is 0.231. The van der Waals surface area contributed by atoms with E-state index in [1.54, 1.807) is 23.1 Å². The number of benzene rings is 1. The van der Waals surface area contributed by atoms with Crippen molar-refractivity contribution in [2.75, 3.05) is 5.75 Å². The van der Waals surface area contributed by atoms with Gasteiger partial charge in [0.05, 0.1) is 5.69 Å². The number of hydrogen-bond donors (Lipinski definition) is 1. The van der Waals surface area contributed by atoms with Gasteiger partial charge in [0.1, 0.15) is 0 Å². The van der Waals surface area contributed by atoms with E-state index >= 15 is 0 Å². The second-order valence-electron chi connectivity index (χ2n) is 3.93. The Morgan fingerprint density at radius 1 is 1.39 bits per heavy atom. The number of nitrogens with two attached hydrogens (primary N) is 1. The van der Waals surface area contributed by atoms with Gasteiger partial charge in [0.25, 0.3) is 0 Å². The molecule has 0 aliphatic rings. The Hall–Kier alpha value is -1.33. The molecular weight excluding hydrogens is 264 g/mol. The minimum atomic E-state index is -0.266. The minimum Gasteiger partial charge on any atom is -0.370 e. The molecule has 0 saturated carbocycles. The van der Waals surface area contributed by atoms with E-state index in [0.29, 0.717) is 12.2 Å². The SMILES string of the molecule is Cc1ccc(-c2csc(SCCC(N)=O)n2)cc1. The number of thiazole rings is 1. The summed E-state index contributed by atoms with van der Waals surface area (Å²) in [6.07, 6.45) is 0.393. The second kappa shape index (κ2) is 6.02. The lowest BCUT2D eigenvalue weighted by atomic mass is 10.1. The summed E-state index contributed by atoms with van der Waals surface area (Å²) in [6, 6.07) is 8.30. The van der Waals surface area contributed by atoms with Crippen molar-refractivity contribution in [1.29, 1.82) is 0 Å². The number of amides is 1. The van der Waals surface area contributed by atoms with Crippen LogP contribution in [0, 0.1) is 6.92 Å². The summed E-state index contributed by atoms with van der Waals surface area (Å²) in [4.78, 5) is 15.2. The summed E-state index contributed by atoms with van der Waals surface area (Å²) in [5, 5.41) is 2.04. The molecular formula is C13H14N2OS2. The molecule has 0 radical (unpaired) electrons. The quantitative estimate of drug-likeness (QED) is 0.855. The maximum Gasteiger partial charge on any atom is 0.218 e. The van der Waals surface area contributed by atoms with Gasteiger partial charge in [0, 0.05) is 23.1 Å². The van der Waals surface area contributed by atoms with Crippen LogP contribution >= 0.6 is 23.1 Å². The zero-order valence-electron chi connectivity index (χ0n) is 10.1. The van der Waals surface area contributed by atoms with E-state index in [4.69, 9.17) is 5.73 Å². The van der Waals surface area contributed by atoms with Crippen LogP contribution in [0.25, 0.3) is 11.3 Å². The van der Waals surface area contributed by atoms with Crippen molar-refractivity contribution in [2.24, 2.45) is 5.73 Å². The summed E-state index contributed by atoms with van der Waals surface area (Å²) in [5.74, 6) is 0.425. The standard InChI is InChI=1S/C13H14N2OS2/c1-9-2-4-10(5-3-9)11-8-18-13(15-11)17-7-6-12(14)16/h2-5,8H,6-7H2,1H3,(H2,14,16). The molecule has 2 N–H and O–H groups in total. The predicted molar refractivity (Wildman–Crippen MR) is 76.8 cm³/mol. The van der Waals surface area contributed by atoms with Gasteiger partial charge >= 0.3 is 0 Å². The van der Waals surface area contributed by atoms with Crippen molar-refractivity contribution in [3.05, 3.63) is 35.2 Å². The van der Waals surface area contributed by atoms with E-state index in [1.165, 1.54) is 5.56 Å². The van der Waals surface area contributed by atoms with E-state index in [-0.39, 0.29) is 5.91 Å². The number of carbonyl (C=O) groups excluding carboxylic acids is 1. The molecule has 0 aliphatic heterocycles. The smallest absolute Gasteiger partial charge is 0.218 e. The van der Waals surface area contributed by atoms with Crippen LogP contribution in [0.2, 0.25) is 0 Å². The average molecular weight is 278 g/mol. The Morgan fingerprint density at radius 3 is 2.78 bits per heavy atom. The molecule has 2 aromatic rings. The number of primary amides is 1. The third-order valence-electron chi connectivity index (χ3n) is 2.40. The van der Waals surface area contributed by atoms with Crippen molar-refractivity contribution in [3.8, 4) is 11.3 Å². The first kappa shape index (κ1) is 13.1. The lowest BCUT2D eigenvalue weighted by Gasteiger charge is -1.97. The summed E-state index contributed by atoms with van der Waals surface area (Å²) in [6.45, 7) is 2.07. The molecule has 0 bridgehead atoms. The number of aromatic nitrogens is 1. The molecule has 0 fully saturated rings. The highest BCUT2D eigenvalue weighted by molar-refractivity contribution is 8.01. The molecule has 0 saturated heterocycles. The number of nitrogens with zero attached hydrogens (tertiary/aromatic N) is 1. The number of hydrogen-bond acceptors (Lipinski definition) is 4.